The highest BCUT2D eigenvalue weighted by atomic mass is 35.5. The van der Waals surface area contributed by atoms with Crippen molar-refractivity contribution in [2.45, 2.75) is 39.2 Å². The molecule has 0 amide bonds. The number of halogens is 1. The lowest BCUT2D eigenvalue weighted by molar-refractivity contribution is 0.302. The van der Waals surface area contributed by atoms with E-state index < -0.39 is 0 Å². The van der Waals surface area contributed by atoms with Crippen molar-refractivity contribution in [3.05, 3.63) is 94.8 Å². The van der Waals surface area contributed by atoms with Crippen LogP contribution in [0.1, 0.15) is 44.1 Å². The van der Waals surface area contributed by atoms with Gasteiger partial charge in [-0.05, 0) is 65.4 Å². The van der Waals surface area contributed by atoms with E-state index in [4.69, 9.17) is 21.3 Å². The van der Waals surface area contributed by atoms with Gasteiger partial charge in [0.1, 0.15) is 11.6 Å². The molecule has 32 heavy (non-hydrogen) atoms. The van der Waals surface area contributed by atoms with Gasteiger partial charge in [0.15, 0.2) is 0 Å². The van der Waals surface area contributed by atoms with Crippen LogP contribution in [0.2, 0.25) is 5.02 Å². The van der Waals surface area contributed by atoms with Gasteiger partial charge >= 0.3 is 0 Å². The van der Waals surface area contributed by atoms with Gasteiger partial charge in [0, 0.05) is 11.6 Å². The molecule has 0 saturated carbocycles. The molecule has 0 atom stereocenters. The van der Waals surface area contributed by atoms with Crippen molar-refractivity contribution in [1.82, 2.24) is 9.55 Å². The van der Waals surface area contributed by atoms with Crippen LogP contribution in [0, 0.1) is 0 Å². The molecule has 0 aliphatic rings. The van der Waals surface area contributed by atoms with Crippen LogP contribution in [-0.2, 0) is 12.0 Å². The van der Waals surface area contributed by atoms with Crippen molar-refractivity contribution >= 4 is 34.8 Å². The molecular formula is C28H29ClN2O. The van der Waals surface area contributed by atoms with E-state index in [9.17, 15) is 0 Å². The Kier molecular flexibility index (Phi) is 6.66. The maximum absolute atomic E-state index is 6.00. The third-order valence-electron chi connectivity index (χ3n) is 5.49. The van der Waals surface area contributed by atoms with Crippen molar-refractivity contribution in [1.29, 1.82) is 0 Å². The van der Waals surface area contributed by atoms with E-state index in [1.165, 1.54) is 5.56 Å². The summed E-state index contributed by atoms with van der Waals surface area (Å²) in [6.45, 7) is 8.15. The molecule has 3 aromatic carbocycles. The topological polar surface area (TPSA) is 27.1 Å². The standard InChI is InChI=1S/C28H29ClN2O/c1-28(2,3)22-12-16-24(17-13-22)32-20-6-19-31-26-8-5-4-7-25(26)30-27(31)18-11-21-9-14-23(29)15-10-21/h4-5,7-18H,6,19-20H2,1-3H3/b18-11+. The number of imidazole rings is 1. The molecule has 1 heterocycles. The number of aromatic nitrogens is 2. The summed E-state index contributed by atoms with van der Waals surface area (Å²) in [6, 6.07) is 24.5. The van der Waals surface area contributed by atoms with Gasteiger partial charge in [-0.3, -0.25) is 0 Å². The summed E-state index contributed by atoms with van der Waals surface area (Å²) in [5.74, 6) is 1.85. The monoisotopic (exact) mass is 444 g/mol. The molecule has 4 rings (SSSR count). The van der Waals surface area contributed by atoms with Crippen LogP contribution < -0.4 is 4.74 Å². The predicted molar refractivity (Wildman–Crippen MR) is 135 cm³/mol. The highest BCUT2D eigenvalue weighted by Gasteiger charge is 2.13. The number of nitrogens with zero attached hydrogens (tertiary/aromatic N) is 2. The molecule has 164 valence electrons. The zero-order valence-corrected chi connectivity index (χ0v) is 19.6. The molecule has 0 unspecified atom stereocenters. The normalized spacial score (nSPS) is 12.0. The average Bonchev–Trinajstić information content (AvgIpc) is 3.13. The summed E-state index contributed by atoms with van der Waals surface area (Å²) in [4.78, 5) is 4.82. The van der Waals surface area contributed by atoms with Crippen LogP contribution >= 0.6 is 11.6 Å². The lowest BCUT2D eigenvalue weighted by Gasteiger charge is -2.19. The predicted octanol–water partition coefficient (Wildman–Crippen LogP) is 7.63. The summed E-state index contributed by atoms with van der Waals surface area (Å²) >= 11 is 6.00. The highest BCUT2D eigenvalue weighted by molar-refractivity contribution is 6.30. The quantitative estimate of drug-likeness (QED) is 0.274. The molecule has 0 bridgehead atoms. The summed E-state index contributed by atoms with van der Waals surface area (Å²) in [6.07, 6.45) is 5.03. The molecule has 4 aromatic rings. The van der Waals surface area contributed by atoms with Crippen molar-refractivity contribution in [2.75, 3.05) is 6.61 Å². The van der Waals surface area contributed by atoms with Crippen LogP contribution in [0.25, 0.3) is 23.2 Å². The van der Waals surface area contributed by atoms with Gasteiger partial charge in [-0.1, -0.05) is 74.8 Å². The SMILES string of the molecule is CC(C)(C)c1ccc(OCCCn2c(/C=C/c3ccc(Cl)cc3)nc3ccccc32)cc1. The van der Waals surface area contributed by atoms with Gasteiger partial charge in [0.25, 0.3) is 0 Å². The van der Waals surface area contributed by atoms with Crippen molar-refractivity contribution in [3.63, 3.8) is 0 Å². The van der Waals surface area contributed by atoms with Crippen LogP contribution in [0.5, 0.6) is 5.75 Å². The van der Waals surface area contributed by atoms with Crippen molar-refractivity contribution < 1.29 is 4.74 Å². The summed E-state index contributed by atoms with van der Waals surface area (Å²) in [5.41, 5.74) is 4.69. The molecule has 3 nitrogen and oxygen atoms in total. The summed E-state index contributed by atoms with van der Waals surface area (Å²) < 4.78 is 8.26. The Morgan fingerprint density at radius 2 is 1.62 bits per heavy atom. The Bertz CT molecular complexity index is 1200. The van der Waals surface area contributed by atoms with E-state index >= 15 is 0 Å². The number of fused-ring (bicyclic) bond motifs is 1. The van der Waals surface area contributed by atoms with Crippen molar-refractivity contribution in [2.24, 2.45) is 0 Å². The number of hydrogen-bond donors (Lipinski definition) is 0. The van der Waals surface area contributed by atoms with Crippen LogP contribution in [0.3, 0.4) is 0 Å². The van der Waals surface area contributed by atoms with Gasteiger partial charge in [-0.2, -0.15) is 0 Å². The minimum absolute atomic E-state index is 0.150. The van der Waals surface area contributed by atoms with Crippen LogP contribution in [-0.4, -0.2) is 16.2 Å². The fourth-order valence-electron chi connectivity index (χ4n) is 3.66. The van der Waals surface area contributed by atoms with Gasteiger partial charge < -0.3 is 9.30 Å². The minimum Gasteiger partial charge on any atom is -0.494 e. The first kappa shape index (κ1) is 22.2. The molecular weight excluding hydrogens is 416 g/mol. The first-order chi connectivity index (χ1) is 15.4. The Morgan fingerprint density at radius 1 is 0.906 bits per heavy atom. The molecule has 0 spiro atoms. The number of aryl methyl sites for hydroxylation is 1. The molecule has 0 aliphatic carbocycles. The zero-order valence-electron chi connectivity index (χ0n) is 18.9. The largest absolute Gasteiger partial charge is 0.494 e. The fourth-order valence-corrected chi connectivity index (χ4v) is 3.79. The molecule has 0 N–H and O–H groups in total. The second kappa shape index (κ2) is 9.62. The Labute approximate surface area is 195 Å². The van der Waals surface area contributed by atoms with Crippen molar-refractivity contribution in [3.8, 4) is 5.75 Å². The lowest BCUT2D eigenvalue weighted by Crippen LogP contribution is -2.10. The summed E-state index contributed by atoms with van der Waals surface area (Å²) in [5, 5.41) is 0.738. The number of ether oxygens (including phenoxy) is 1. The molecule has 1 aromatic heterocycles. The van der Waals surface area contributed by atoms with Gasteiger partial charge in [0.2, 0.25) is 0 Å². The van der Waals surface area contributed by atoms with E-state index in [0.717, 1.165) is 46.2 Å². The third-order valence-corrected chi connectivity index (χ3v) is 5.75. The van der Waals surface area contributed by atoms with E-state index in [0.29, 0.717) is 6.61 Å². The number of benzene rings is 3. The first-order valence-electron chi connectivity index (χ1n) is 11.0. The second-order valence-corrected chi connectivity index (χ2v) is 9.41. The van der Waals surface area contributed by atoms with Crippen LogP contribution in [0.15, 0.2) is 72.8 Å². The van der Waals surface area contributed by atoms with E-state index in [-0.39, 0.29) is 5.41 Å². The van der Waals surface area contributed by atoms with Gasteiger partial charge in [0.05, 0.1) is 17.6 Å². The average molecular weight is 445 g/mol. The smallest absolute Gasteiger partial charge is 0.133 e. The molecule has 0 fully saturated rings. The minimum atomic E-state index is 0.150. The number of rotatable bonds is 7. The second-order valence-electron chi connectivity index (χ2n) is 8.97. The Hall–Kier alpha value is -3.04. The lowest BCUT2D eigenvalue weighted by atomic mass is 9.87. The summed E-state index contributed by atoms with van der Waals surface area (Å²) in [7, 11) is 0. The maximum Gasteiger partial charge on any atom is 0.133 e. The maximum atomic E-state index is 6.00. The molecule has 0 saturated heterocycles. The highest BCUT2D eigenvalue weighted by Crippen LogP contribution is 2.24. The molecule has 0 radical (unpaired) electrons. The Morgan fingerprint density at radius 3 is 2.34 bits per heavy atom. The first-order valence-corrected chi connectivity index (χ1v) is 11.4. The van der Waals surface area contributed by atoms with E-state index in [2.05, 4.69) is 80.0 Å². The van der Waals surface area contributed by atoms with E-state index in [1.807, 2.05) is 30.3 Å². The van der Waals surface area contributed by atoms with Gasteiger partial charge in [-0.15, -0.1) is 0 Å². The van der Waals surface area contributed by atoms with Crippen LogP contribution in [0.4, 0.5) is 0 Å². The fraction of sp³-hybridized carbons (Fsp3) is 0.250. The molecule has 0 aliphatic heterocycles. The third kappa shape index (κ3) is 5.41. The number of hydrogen-bond acceptors (Lipinski definition) is 2. The number of para-hydroxylation sites is 2. The Balaban J connectivity index is 1.44. The van der Waals surface area contributed by atoms with E-state index in [1.54, 1.807) is 0 Å². The van der Waals surface area contributed by atoms with Gasteiger partial charge in [-0.25, -0.2) is 4.98 Å². The molecule has 4 heteroatoms. The zero-order chi connectivity index (χ0) is 22.6.